The van der Waals surface area contributed by atoms with Crippen molar-refractivity contribution >= 4 is 0 Å². The molecular weight excluding hydrogens is 218 g/mol. The Labute approximate surface area is 102 Å². The van der Waals surface area contributed by atoms with Crippen LogP contribution in [0.15, 0.2) is 10.9 Å². The van der Waals surface area contributed by atoms with Gasteiger partial charge < -0.3 is 14.6 Å². The summed E-state index contributed by atoms with van der Waals surface area (Å²) in [6, 6.07) is 0.475. The zero-order chi connectivity index (χ0) is 12.3. The fraction of sp³-hybridized carbons (Fsp3) is 0.833. The summed E-state index contributed by atoms with van der Waals surface area (Å²) in [5.41, 5.74) is 0.222. The summed E-state index contributed by atoms with van der Waals surface area (Å²) in [4.78, 5) is 4.00. The zero-order valence-corrected chi connectivity index (χ0v) is 10.8. The molecule has 0 amide bonds. The van der Waals surface area contributed by atoms with Crippen molar-refractivity contribution < 1.29 is 9.26 Å². The molecule has 2 rings (SSSR count). The quantitative estimate of drug-likeness (QED) is 0.819. The van der Waals surface area contributed by atoms with E-state index in [4.69, 9.17) is 9.26 Å². The van der Waals surface area contributed by atoms with E-state index >= 15 is 0 Å². The van der Waals surface area contributed by atoms with Gasteiger partial charge in [0.1, 0.15) is 0 Å². The molecule has 1 aromatic heterocycles. The van der Waals surface area contributed by atoms with Crippen LogP contribution in [0.3, 0.4) is 0 Å². The van der Waals surface area contributed by atoms with Crippen molar-refractivity contribution in [2.24, 2.45) is 5.41 Å². The first kappa shape index (κ1) is 12.5. The number of ether oxygens (including phenoxy) is 1. The maximum absolute atomic E-state index is 5.76. The highest BCUT2D eigenvalue weighted by Gasteiger charge is 2.50. The second kappa shape index (κ2) is 5.14. The Bertz CT molecular complexity index is 342. The van der Waals surface area contributed by atoms with E-state index in [0.717, 1.165) is 19.4 Å². The standard InChI is InChI=1S/C12H21N3O2/c1-4-12(3)9(6-10(12)16-5-2)13-7-11-14-8-17-15-11/h8-10,13H,4-7H2,1-3H3. The molecule has 0 saturated heterocycles. The number of aromatic nitrogens is 2. The molecule has 3 atom stereocenters. The largest absolute Gasteiger partial charge is 0.378 e. The molecule has 1 saturated carbocycles. The maximum atomic E-state index is 5.76. The van der Waals surface area contributed by atoms with E-state index in [2.05, 4.69) is 36.2 Å². The molecule has 3 unspecified atom stereocenters. The first-order valence-corrected chi connectivity index (χ1v) is 6.31. The van der Waals surface area contributed by atoms with Gasteiger partial charge in [-0.3, -0.25) is 0 Å². The van der Waals surface area contributed by atoms with Gasteiger partial charge in [-0.25, -0.2) is 0 Å². The zero-order valence-electron chi connectivity index (χ0n) is 10.8. The third kappa shape index (κ3) is 2.35. The Morgan fingerprint density at radius 2 is 2.41 bits per heavy atom. The molecule has 0 radical (unpaired) electrons. The monoisotopic (exact) mass is 239 g/mol. The fourth-order valence-electron chi connectivity index (χ4n) is 2.55. The third-order valence-electron chi connectivity index (χ3n) is 4.02. The van der Waals surface area contributed by atoms with Gasteiger partial charge in [0, 0.05) is 18.1 Å². The summed E-state index contributed by atoms with van der Waals surface area (Å²) in [6.07, 6.45) is 3.91. The van der Waals surface area contributed by atoms with Crippen LogP contribution >= 0.6 is 0 Å². The predicted octanol–water partition coefficient (Wildman–Crippen LogP) is 1.75. The summed E-state index contributed by atoms with van der Waals surface area (Å²) < 4.78 is 10.5. The van der Waals surface area contributed by atoms with Crippen molar-refractivity contribution in [2.75, 3.05) is 6.61 Å². The Hall–Kier alpha value is -0.940. The lowest BCUT2D eigenvalue weighted by molar-refractivity contribution is -0.126. The fourth-order valence-corrected chi connectivity index (χ4v) is 2.55. The Morgan fingerprint density at radius 1 is 1.59 bits per heavy atom. The molecule has 1 aliphatic carbocycles. The van der Waals surface area contributed by atoms with Crippen molar-refractivity contribution in [1.82, 2.24) is 15.5 Å². The number of hydrogen-bond acceptors (Lipinski definition) is 5. The van der Waals surface area contributed by atoms with Gasteiger partial charge in [-0.1, -0.05) is 19.0 Å². The van der Waals surface area contributed by atoms with Crippen molar-refractivity contribution in [3.8, 4) is 0 Å². The van der Waals surface area contributed by atoms with E-state index in [-0.39, 0.29) is 5.41 Å². The molecule has 17 heavy (non-hydrogen) atoms. The Kier molecular flexibility index (Phi) is 3.79. The Balaban J connectivity index is 1.86. The molecular formula is C12H21N3O2. The number of nitrogens with zero attached hydrogens (tertiary/aromatic N) is 2. The van der Waals surface area contributed by atoms with Gasteiger partial charge in [-0.05, 0) is 19.8 Å². The van der Waals surface area contributed by atoms with Crippen molar-refractivity contribution in [2.45, 2.75) is 52.3 Å². The van der Waals surface area contributed by atoms with Crippen LogP contribution in [0.5, 0.6) is 0 Å². The maximum Gasteiger partial charge on any atom is 0.213 e. The van der Waals surface area contributed by atoms with Crippen LogP contribution in [0, 0.1) is 5.41 Å². The highest BCUT2D eigenvalue weighted by Crippen LogP contribution is 2.45. The summed E-state index contributed by atoms with van der Waals surface area (Å²) in [5, 5.41) is 7.28. The molecule has 1 aliphatic rings. The Morgan fingerprint density at radius 3 is 3.00 bits per heavy atom. The van der Waals surface area contributed by atoms with Crippen molar-refractivity contribution in [3.05, 3.63) is 12.2 Å². The molecule has 0 bridgehead atoms. The van der Waals surface area contributed by atoms with E-state index in [0.29, 0.717) is 24.5 Å². The van der Waals surface area contributed by atoms with Crippen LogP contribution < -0.4 is 5.32 Å². The van der Waals surface area contributed by atoms with Gasteiger partial charge in [0.2, 0.25) is 6.39 Å². The van der Waals surface area contributed by atoms with E-state index in [1.807, 2.05) is 0 Å². The topological polar surface area (TPSA) is 60.2 Å². The van der Waals surface area contributed by atoms with Gasteiger partial charge in [-0.2, -0.15) is 4.98 Å². The lowest BCUT2D eigenvalue weighted by Gasteiger charge is -2.53. The summed E-state index contributed by atoms with van der Waals surface area (Å²) in [5.74, 6) is 0.711. The van der Waals surface area contributed by atoms with Crippen LogP contribution in [0.2, 0.25) is 0 Å². The molecule has 1 fully saturated rings. The first-order chi connectivity index (χ1) is 8.20. The molecule has 5 heteroatoms. The van der Waals surface area contributed by atoms with E-state index in [1.165, 1.54) is 6.39 Å². The third-order valence-corrected chi connectivity index (χ3v) is 4.02. The molecule has 0 aromatic carbocycles. The summed E-state index contributed by atoms with van der Waals surface area (Å²) >= 11 is 0. The highest BCUT2D eigenvalue weighted by molar-refractivity contribution is 5.05. The number of nitrogens with one attached hydrogen (secondary N) is 1. The lowest BCUT2D eigenvalue weighted by atomic mass is 9.61. The molecule has 1 N–H and O–H groups in total. The molecule has 1 heterocycles. The molecule has 0 spiro atoms. The minimum Gasteiger partial charge on any atom is -0.378 e. The highest BCUT2D eigenvalue weighted by atomic mass is 16.5. The smallest absolute Gasteiger partial charge is 0.213 e. The minimum absolute atomic E-state index is 0.222. The van der Waals surface area contributed by atoms with Gasteiger partial charge >= 0.3 is 0 Å². The van der Waals surface area contributed by atoms with Crippen LogP contribution in [0.4, 0.5) is 0 Å². The van der Waals surface area contributed by atoms with Gasteiger partial charge in [0.05, 0.1) is 12.6 Å². The SMILES string of the molecule is CCOC1CC(NCc2ncon2)C1(C)CC. The second-order valence-electron chi connectivity index (χ2n) is 4.82. The normalized spacial score (nSPS) is 32.4. The van der Waals surface area contributed by atoms with Crippen LogP contribution in [0.25, 0.3) is 0 Å². The van der Waals surface area contributed by atoms with Crippen LogP contribution in [-0.4, -0.2) is 28.9 Å². The molecule has 0 aliphatic heterocycles. The first-order valence-electron chi connectivity index (χ1n) is 6.31. The predicted molar refractivity (Wildman–Crippen MR) is 63.4 cm³/mol. The van der Waals surface area contributed by atoms with E-state index < -0.39 is 0 Å². The number of hydrogen-bond donors (Lipinski definition) is 1. The lowest BCUT2D eigenvalue weighted by Crippen LogP contribution is -2.62. The van der Waals surface area contributed by atoms with Gasteiger partial charge in [-0.15, -0.1) is 0 Å². The molecule has 1 aromatic rings. The van der Waals surface area contributed by atoms with Crippen LogP contribution in [0.1, 0.15) is 39.4 Å². The van der Waals surface area contributed by atoms with E-state index in [9.17, 15) is 0 Å². The molecule has 5 nitrogen and oxygen atoms in total. The number of rotatable bonds is 6. The van der Waals surface area contributed by atoms with Crippen molar-refractivity contribution in [1.29, 1.82) is 0 Å². The average molecular weight is 239 g/mol. The van der Waals surface area contributed by atoms with E-state index in [1.54, 1.807) is 0 Å². The average Bonchev–Trinajstić information content (AvgIpc) is 2.84. The van der Waals surface area contributed by atoms with Gasteiger partial charge in [0.25, 0.3) is 0 Å². The minimum atomic E-state index is 0.222. The summed E-state index contributed by atoms with van der Waals surface area (Å²) in [6.45, 7) is 8.00. The second-order valence-corrected chi connectivity index (χ2v) is 4.82. The van der Waals surface area contributed by atoms with Crippen LogP contribution in [-0.2, 0) is 11.3 Å². The van der Waals surface area contributed by atoms with Crippen molar-refractivity contribution in [3.63, 3.8) is 0 Å². The molecule has 96 valence electrons. The van der Waals surface area contributed by atoms with Gasteiger partial charge in [0.15, 0.2) is 5.82 Å². The summed E-state index contributed by atoms with van der Waals surface area (Å²) in [7, 11) is 0.